The summed E-state index contributed by atoms with van der Waals surface area (Å²) in [5, 5.41) is 0. The standard InChI is InChI=1S/C13H11F3O5/c1-19-11(17)7-10(12(18)20-2)21-9-5-3-4-8(6-9)13(14,15)16/h3-7H,1-2H3/b10-7-. The van der Waals surface area contributed by atoms with Crippen LogP contribution in [0.5, 0.6) is 5.75 Å². The van der Waals surface area contributed by atoms with Crippen molar-refractivity contribution in [3.63, 3.8) is 0 Å². The summed E-state index contributed by atoms with van der Waals surface area (Å²) in [5.74, 6) is -2.81. The predicted molar refractivity (Wildman–Crippen MR) is 64.2 cm³/mol. The van der Waals surface area contributed by atoms with E-state index >= 15 is 0 Å². The van der Waals surface area contributed by atoms with Gasteiger partial charge in [-0.3, -0.25) is 0 Å². The van der Waals surface area contributed by atoms with E-state index in [0.29, 0.717) is 12.1 Å². The SMILES string of the molecule is COC(=O)/C=C(\Oc1cccc(C(F)(F)F)c1)C(=O)OC. The van der Waals surface area contributed by atoms with Gasteiger partial charge in [-0.25, -0.2) is 9.59 Å². The maximum Gasteiger partial charge on any atom is 0.416 e. The van der Waals surface area contributed by atoms with Crippen molar-refractivity contribution in [3.8, 4) is 5.75 Å². The monoisotopic (exact) mass is 304 g/mol. The predicted octanol–water partition coefficient (Wildman–Crippen LogP) is 2.31. The van der Waals surface area contributed by atoms with Gasteiger partial charge in [0.2, 0.25) is 5.76 Å². The topological polar surface area (TPSA) is 61.8 Å². The number of carbonyl (C=O) groups is 2. The lowest BCUT2D eigenvalue weighted by Crippen LogP contribution is -2.14. The Bertz CT molecular complexity index is 563. The van der Waals surface area contributed by atoms with Crippen LogP contribution in [-0.2, 0) is 25.2 Å². The van der Waals surface area contributed by atoms with Gasteiger partial charge in [-0.2, -0.15) is 13.2 Å². The molecule has 0 saturated carbocycles. The van der Waals surface area contributed by atoms with E-state index < -0.39 is 29.4 Å². The highest BCUT2D eigenvalue weighted by atomic mass is 19.4. The van der Waals surface area contributed by atoms with Gasteiger partial charge in [0.25, 0.3) is 0 Å². The van der Waals surface area contributed by atoms with Gasteiger partial charge in [0, 0.05) is 0 Å². The average molecular weight is 304 g/mol. The Kier molecular flexibility index (Phi) is 5.34. The molecule has 0 heterocycles. The molecule has 0 aliphatic rings. The summed E-state index contributed by atoms with van der Waals surface area (Å²) >= 11 is 0. The third kappa shape index (κ3) is 4.83. The molecular weight excluding hydrogens is 293 g/mol. The van der Waals surface area contributed by atoms with Crippen molar-refractivity contribution in [2.24, 2.45) is 0 Å². The molecule has 1 rings (SSSR count). The first kappa shape index (κ1) is 16.5. The van der Waals surface area contributed by atoms with Crippen LogP contribution in [0.15, 0.2) is 36.1 Å². The van der Waals surface area contributed by atoms with Crippen molar-refractivity contribution < 1.29 is 37.0 Å². The lowest BCUT2D eigenvalue weighted by molar-refractivity contribution is -0.140. The summed E-state index contributed by atoms with van der Waals surface area (Å²) in [6.45, 7) is 0. The van der Waals surface area contributed by atoms with Crippen LogP contribution in [0.1, 0.15) is 5.56 Å². The molecule has 1 aromatic rings. The van der Waals surface area contributed by atoms with Gasteiger partial charge in [0.1, 0.15) is 5.75 Å². The molecule has 0 amide bonds. The van der Waals surface area contributed by atoms with E-state index in [1.807, 2.05) is 0 Å². The molecule has 21 heavy (non-hydrogen) atoms. The van der Waals surface area contributed by atoms with Crippen LogP contribution < -0.4 is 4.74 Å². The van der Waals surface area contributed by atoms with Crippen LogP contribution in [0.2, 0.25) is 0 Å². The molecule has 0 spiro atoms. The van der Waals surface area contributed by atoms with Gasteiger partial charge in [-0.1, -0.05) is 6.07 Å². The van der Waals surface area contributed by atoms with Gasteiger partial charge in [-0.15, -0.1) is 0 Å². The summed E-state index contributed by atoms with van der Waals surface area (Å²) in [4.78, 5) is 22.5. The Labute approximate surface area is 117 Å². The quantitative estimate of drug-likeness (QED) is 0.485. The first-order valence-corrected chi connectivity index (χ1v) is 5.51. The molecule has 0 aliphatic carbocycles. The van der Waals surface area contributed by atoms with Crippen molar-refractivity contribution in [1.29, 1.82) is 0 Å². The maximum atomic E-state index is 12.6. The van der Waals surface area contributed by atoms with Crippen molar-refractivity contribution in [1.82, 2.24) is 0 Å². The number of alkyl halides is 3. The van der Waals surface area contributed by atoms with Crippen molar-refractivity contribution in [3.05, 3.63) is 41.7 Å². The maximum absolute atomic E-state index is 12.6. The first-order chi connectivity index (χ1) is 9.77. The highest BCUT2D eigenvalue weighted by Gasteiger charge is 2.30. The zero-order chi connectivity index (χ0) is 16.0. The zero-order valence-electron chi connectivity index (χ0n) is 11.1. The van der Waals surface area contributed by atoms with E-state index in [9.17, 15) is 22.8 Å². The molecule has 8 heteroatoms. The number of esters is 2. The van der Waals surface area contributed by atoms with Crippen LogP contribution in [0, 0.1) is 0 Å². The number of halogens is 3. The summed E-state index contributed by atoms with van der Waals surface area (Å²) in [5.41, 5.74) is -0.956. The molecule has 0 fully saturated rings. The molecular formula is C13H11F3O5. The largest absolute Gasteiger partial charge is 0.466 e. The molecule has 0 bridgehead atoms. The second-order valence-electron chi connectivity index (χ2n) is 3.65. The lowest BCUT2D eigenvalue weighted by atomic mass is 10.2. The minimum Gasteiger partial charge on any atom is -0.466 e. The number of carbonyl (C=O) groups excluding carboxylic acids is 2. The first-order valence-electron chi connectivity index (χ1n) is 5.51. The fourth-order valence-corrected chi connectivity index (χ4v) is 1.26. The number of benzene rings is 1. The van der Waals surface area contributed by atoms with Crippen molar-refractivity contribution in [2.45, 2.75) is 6.18 Å². The summed E-state index contributed by atoms with van der Waals surface area (Å²) in [6, 6.07) is 3.83. The number of rotatable bonds is 4. The smallest absolute Gasteiger partial charge is 0.416 e. The number of methoxy groups -OCH3 is 2. The number of ether oxygens (including phenoxy) is 3. The fourth-order valence-electron chi connectivity index (χ4n) is 1.26. The van der Waals surface area contributed by atoms with Gasteiger partial charge < -0.3 is 14.2 Å². The number of hydrogen-bond acceptors (Lipinski definition) is 5. The Morgan fingerprint density at radius 1 is 1.14 bits per heavy atom. The number of hydrogen-bond donors (Lipinski definition) is 0. The molecule has 0 atom stereocenters. The van der Waals surface area contributed by atoms with Crippen LogP contribution in [-0.4, -0.2) is 26.2 Å². The normalized spacial score (nSPS) is 11.8. The molecule has 1 aromatic carbocycles. The van der Waals surface area contributed by atoms with Crippen LogP contribution in [0.4, 0.5) is 13.2 Å². The van der Waals surface area contributed by atoms with Gasteiger partial charge in [0.15, 0.2) is 0 Å². The molecule has 5 nitrogen and oxygen atoms in total. The highest BCUT2D eigenvalue weighted by Crippen LogP contribution is 2.31. The minimum absolute atomic E-state index is 0.273. The Balaban J connectivity index is 3.07. The van der Waals surface area contributed by atoms with Gasteiger partial charge in [-0.05, 0) is 18.2 Å². The molecule has 0 N–H and O–H groups in total. The Morgan fingerprint density at radius 2 is 1.81 bits per heavy atom. The van der Waals surface area contributed by atoms with E-state index in [1.54, 1.807) is 0 Å². The van der Waals surface area contributed by atoms with E-state index in [-0.39, 0.29) is 5.75 Å². The average Bonchev–Trinajstić information content (AvgIpc) is 2.45. The Morgan fingerprint density at radius 3 is 2.33 bits per heavy atom. The van der Waals surface area contributed by atoms with Crippen molar-refractivity contribution in [2.75, 3.05) is 14.2 Å². The summed E-state index contributed by atoms with van der Waals surface area (Å²) in [6.07, 6.45) is -3.89. The van der Waals surface area contributed by atoms with E-state index in [2.05, 4.69) is 9.47 Å². The lowest BCUT2D eigenvalue weighted by Gasteiger charge is -2.11. The van der Waals surface area contributed by atoms with E-state index in [1.165, 1.54) is 6.07 Å². The minimum atomic E-state index is -4.56. The Hall–Kier alpha value is -2.51. The van der Waals surface area contributed by atoms with Gasteiger partial charge >= 0.3 is 18.1 Å². The van der Waals surface area contributed by atoms with Gasteiger partial charge in [0.05, 0.1) is 25.9 Å². The highest BCUT2D eigenvalue weighted by molar-refractivity contribution is 5.95. The van der Waals surface area contributed by atoms with Crippen LogP contribution in [0.25, 0.3) is 0 Å². The fraction of sp³-hybridized carbons (Fsp3) is 0.231. The van der Waals surface area contributed by atoms with E-state index in [4.69, 9.17) is 4.74 Å². The zero-order valence-corrected chi connectivity index (χ0v) is 11.1. The van der Waals surface area contributed by atoms with Crippen molar-refractivity contribution >= 4 is 11.9 Å². The summed E-state index contributed by atoms with van der Waals surface area (Å²) < 4.78 is 51.3. The molecule has 0 unspecified atom stereocenters. The third-order valence-electron chi connectivity index (χ3n) is 2.23. The molecule has 0 saturated heterocycles. The van der Waals surface area contributed by atoms with Crippen LogP contribution >= 0.6 is 0 Å². The second kappa shape index (κ2) is 6.78. The summed E-state index contributed by atoms with van der Waals surface area (Å²) in [7, 11) is 2.10. The molecule has 0 radical (unpaired) electrons. The molecule has 0 aliphatic heterocycles. The molecule has 0 aromatic heterocycles. The molecule has 114 valence electrons. The third-order valence-corrected chi connectivity index (χ3v) is 2.23. The van der Waals surface area contributed by atoms with Crippen LogP contribution in [0.3, 0.4) is 0 Å². The van der Waals surface area contributed by atoms with E-state index in [0.717, 1.165) is 26.4 Å². The second-order valence-corrected chi connectivity index (χ2v) is 3.65.